The SMILES string of the molecule is C=C(C)C1CC(O)C(C)=CC1c1c(O)cc(-c2cnc(CC(F)F)c(F)c2)cc1O. The largest absolute Gasteiger partial charge is 0.507 e. The molecule has 30 heavy (non-hydrogen) atoms. The number of aromatic hydroxyl groups is 2. The van der Waals surface area contributed by atoms with E-state index < -0.39 is 24.8 Å². The first-order valence-corrected chi connectivity index (χ1v) is 9.59. The van der Waals surface area contributed by atoms with Gasteiger partial charge in [0.1, 0.15) is 17.3 Å². The molecule has 0 spiro atoms. The van der Waals surface area contributed by atoms with Crippen molar-refractivity contribution < 1.29 is 28.5 Å². The molecule has 1 aliphatic carbocycles. The van der Waals surface area contributed by atoms with E-state index in [9.17, 15) is 28.5 Å². The van der Waals surface area contributed by atoms with Crippen LogP contribution in [-0.4, -0.2) is 32.8 Å². The van der Waals surface area contributed by atoms with Crippen LogP contribution < -0.4 is 0 Å². The number of pyridine rings is 1. The van der Waals surface area contributed by atoms with E-state index in [1.165, 1.54) is 18.3 Å². The minimum Gasteiger partial charge on any atom is -0.507 e. The van der Waals surface area contributed by atoms with E-state index >= 15 is 0 Å². The first-order chi connectivity index (χ1) is 14.1. The lowest BCUT2D eigenvalue weighted by Crippen LogP contribution is -2.26. The molecule has 0 bridgehead atoms. The summed E-state index contributed by atoms with van der Waals surface area (Å²) in [5, 5.41) is 31.5. The van der Waals surface area contributed by atoms with Crippen LogP contribution in [0, 0.1) is 11.7 Å². The van der Waals surface area contributed by atoms with E-state index in [0.717, 1.165) is 17.2 Å². The molecule has 1 heterocycles. The van der Waals surface area contributed by atoms with E-state index in [1.807, 2.05) is 13.0 Å². The molecule has 0 radical (unpaired) electrons. The van der Waals surface area contributed by atoms with Crippen LogP contribution in [0.4, 0.5) is 13.2 Å². The Kier molecular flexibility index (Phi) is 6.22. The molecule has 2 aromatic rings. The highest BCUT2D eigenvalue weighted by atomic mass is 19.3. The smallest absolute Gasteiger partial charge is 0.244 e. The maximum Gasteiger partial charge on any atom is 0.244 e. The minimum absolute atomic E-state index is 0.181. The number of phenols is 2. The lowest BCUT2D eigenvalue weighted by molar-refractivity contribution is 0.146. The summed E-state index contributed by atoms with van der Waals surface area (Å²) < 4.78 is 39.1. The van der Waals surface area contributed by atoms with E-state index in [2.05, 4.69) is 11.6 Å². The summed E-state index contributed by atoms with van der Waals surface area (Å²) in [5.74, 6) is -1.84. The highest BCUT2D eigenvalue weighted by Gasteiger charge is 2.33. The van der Waals surface area contributed by atoms with E-state index in [0.29, 0.717) is 17.5 Å². The Hall–Kier alpha value is -2.80. The summed E-state index contributed by atoms with van der Waals surface area (Å²) in [6.45, 7) is 7.58. The molecule has 160 valence electrons. The van der Waals surface area contributed by atoms with Gasteiger partial charge >= 0.3 is 0 Å². The highest BCUT2D eigenvalue weighted by molar-refractivity contribution is 5.69. The van der Waals surface area contributed by atoms with Crippen LogP contribution in [0.1, 0.15) is 37.4 Å². The van der Waals surface area contributed by atoms with Crippen molar-refractivity contribution in [3.8, 4) is 22.6 Å². The molecule has 1 aliphatic rings. The zero-order valence-electron chi connectivity index (χ0n) is 16.7. The monoisotopic (exact) mass is 419 g/mol. The summed E-state index contributed by atoms with van der Waals surface area (Å²) in [6, 6.07) is 3.81. The highest BCUT2D eigenvalue weighted by Crippen LogP contribution is 2.47. The van der Waals surface area contributed by atoms with Crippen molar-refractivity contribution in [2.75, 3.05) is 0 Å². The normalized spacial score (nSPS) is 21.6. The van der Waals surface area contributed by atoms with Crippen molar-refractivity contribution in [3.05, 3.63) is 65.3 Å². The van der Waals surface area contributed by atoms with Crippen LogP contribution in [-0.2, 0) is 6.42 Å². The number of allylic oxidation sites excluding steroid dienone is 2. The number of benzene rings is 1. The number of aliphatic hydroxyl groups is 1. The standard InChI is InChI=1S/C23H24F3NO3/c1-11(2)15-8-19(28)12(3)4-16(15)23-20(29)6-13(7-21(23)30)14-5-17(24)18(27-10-14)9-22(25)26/h4-7,10,15-16,19,22,28-30H,1,8-9H2,2-3H3. The third-order valence-corrected chi connectivity index (χ3v) is 5.58. The number of hydrogen-bond donors (Lipinski definition) is 3. The predicted octanol–water partition coefficient (Wildman–Crippen LogP) is 5.09. The van der Waals surface area contributed by atoms with Gasteiger partial charge in [-0.1, -0.05) is 18.2 Å². The van der Waals surface area contributed by atoms with Gasteiger partial charge in [-0.05, 0) is 55.5 Å². The van der Waals surface area contributed by atoms with Crippen molar-refractivity contribution >= 4 is 0 Å². The average molecular weight is 419 g/mol. The third-order valence-electron chi connectivity index (χ3n) is 5.58. The minimum atomic E-state index is -2.71. The summed E-state index contributed by atoms with van der Waals surface area (Å²) in [7, 11) is 0. The number of aliphatic hydroxyl groups excluding tert-OH is 1. The van der Waals surface area contributed by atoms with Gasteiger partial charge in [-0.25, -0.2) is 13.2 Å². The Labute approximate surface area is 173 Å². The topological polar surface area (TPSA) is 73.6 Å². The van der Waals surface area contributed by atoms with Crippen LogP contribution in [0.25, 0.3) is 11.1 Å². The summed E-state index contributed by atoms with van der Waals surface area (Å²) in [5.41, 5.74) is 2.04. The molecule has 0 fully saturated rings. The lowest BCUT2D eigenvalue weighted by Gasteiger charge is -2.34. The molecule has 7 heteroatoms. The van der Waals surface area contributed by atoms with Crippen LogP contribution in [0.5, 0.6) is 11.5 Å². The fourth-order valence-electron chi connectivity index (χ4n) is 3.93. The van der Waals surface area contributed by atoms with Crippen LogP contribution >= 0.6 is 0 Å². The molecule has 0 amide bonds. The molecule has 3 rings (SSSR count). The molecule has 0 saturated carbocycles. The van der Waals surface area contributed by atoms with Crippen molar-refractivity contribution in [3.63, 3.8) is 0 Å². The molecular formula is C23H24F3NO3. The number of alkyl halides is 2. The zero-order chi connectivity index (χ0) is 22.2. The van der Waals surface area contributed by atoms with Crippen LogP contribution in [0.15, 0.2) is 48.2 Å². The number of rotatable bonds is 5. The van der Waals surface area contributed by atoms with Crippen molar-refractivity contribution in [1.82, 2.24) is 4.98 Å². The summed E-state index contributed by atoms with van der Waals surface area (Å²) >= 11 is 0. The number of phenolic OH excluding ortho intramolecular Hbond substituents is 2. The van der Waals surface area contributed by atoms with Crippen molar-refractivity contribution in [2.24, 2.45) is 5.92 Å². The molecule has 3 atom stereocenters. The average Bonchev–Trinajstić information content (AvgIpc) is 2.64. The van der Waals surface area contributed by atoms with Gasteiger partial charge in [0.15, 0.2) is 0 Å². The maximum atomic E-state index is 14.1. The number of halogens is 3. The molecule has 3 N–H and O–H groups in total. The first-order valence-electron chi connectivity index (χ1n) is 9.59. The molecule has 4 nitrogen and oxygen atoms in total. The molecule has 1 aromatic carbocycles. The number of hydrogen-bond acceptors (Lipinski definition) is 4. The quantitative estimate of drug-likeness (QED) is 0.590. The Morgan fingerprint density at radius 1 is 1.20 bits per heavy atom. The Bertz CT molecular complexity index is 980. The second-order valence-electron chi connectivity index (χ2n) is 7.82. The third kappa shape index (κ3) is 4.36. The molecular weight excluding hydrogens is 395 g/mol. The van der Waals surface area contributed by atoms with Crippen molar-refractivity contribution in [1.29, 1.82) is 0 Å². The Morgan fingerprint density at radius 3 is 2.37 bits per heavy atom. The van der Waals surface area contributed by atoms with E-state index in [4.69, 9.17) is 0 Å². The fourth-order valence-corrected chi connectivity index (χ4v) is 3.93. The van der Waals surface area contributed by atoms with Crippen LogP contribution in [0.2, 0.25) is 0 Å². The second-order valence-corrected chi connectivity index (χ2v) is 7.82. The lowest BCUT2D eigenvalue weighted by atomic mass is 9.72. The molecule has 1 aromatic heterocycles. The Morgan fingerprint density at radius 2 is 1.83 bits per heavy atom. The van der Waals surface area contributed by atoms with Gasteiger partial charge in [0.2, 0.25) is 6.43 Å². The zero-order valence-corrected chi connectivity index (χ0v) is 16.7. The van der Waals surface area contributed by atoms with Gasteiger partial charge in [0.05, 0.1) is 18.2 Å². The van der Waals surface area contributed by atoms with Gasteiger partial charge in [0.25, 0.3) is 0 Å². The number of aromatic nitrogens is 1. The van der Waals surface area contributed by atoms with E-state index in [-0.39, 0.29) is 34.6 Å². The molecule has 3 unspecified atom stereocenters. The second kappa shape index (κ2) is 8.52. The maximum absolute atomic E-state index is 14.1. The first kappa shape index (κ1) is 21.9. The van der Waals surface area contributed by atoms with Gasteiger partial charge in [0, 0.05) is 23.2 Å². The molecule has 0 saturated heterocycles. The van der Waals surface area contributed by atoms with Crippen molar-refractivity contribution in [2.45, 2.75) is 45.1 Å². The summed E-state index contributed by atoms with van der Waals surface area (Å²) in [4.78, 5) is 3.75. The van der Waals surface area contributed by atoms with Gasteiger partial charge < -0.3 is 15.3 Å². The van der Waals surface area contributed by atoms with Gasteiger partial charge in [-0.2, -0.15) is 0 Å². The predicted molar refractivity (Wildman–Crippen MR) is 108 cm³/mol. The van der Waals surface area contributed by atoms with Gasteiger partial charge in [-0.15, -0.1) is 0 Å². The molecule has 0 aliphatic heterocycles. The van der Waals surface area contributed by atoms with E-state index in [1.54, 1.807) is 6.92 Å². The number of nitrogens with zero attached hydrogens (tertiary/aromatic N) is 1. The fraction of sp³-hybridized carbons (Fsp3) is 0.348. The van der Waals surface area contributed by atoms with Gasteiger partial charge in [-0.3, -0.25) is 4.98 Å². The Balaban J connectivity index is 2.02. The summed E-state index contributed by atoms with van der Waals surface area (Å²) in [6.07, 6.45) is -0.661. The van der Waals surface area contributed by atoms with Crippen LogP contribution in [0.3, 0.4) is 0 Å².